The molecule has 0 unspecified atom stereocenters. The summed E-state index contributed by atoms with van der Waals surface area (Å²) in [5.74, 6) is 0.359. The van der Waals surface area contributed by atoms with Crippen LogP contribution in [0.4, 0.5) is 16.2 Å². The van der Waals surface area contributed by atoms with E-state index in [-0.39, 0.29) is 6.04 Å². The Bertz CT molecular complexity index is 627. The Hall–Kier alpha value is -2.17. The third-order valence-corrected chi connectivity index (χ3v) is 3.59. The summed E-state index contributed by atoms with van der Waals surface area (Å²) in [4.78, 5) is 9.91. The fraction of sp³-hybridized carbons (Fsp3) is 0.333. The van der Waals surface area contributed by atoms with Crippen LogP contribution in [0, 0.1) is 5.82 Å². The maximum absolute atomic E-state index is 13.6. The van der Waals surface area contributed by atoms with Crippen molar-refractivity contribution in [1.82, 2.24) is 9.97 Å². The summed E-state index contributed by atoms with van der Waals surface area (Å²) in [7, 11) is 3.53. The molecule has 2 aromatic rings. The highest BCUT2D eigenvalue weighted by Gasteiger charge is 2.22. The molecule has 4 nitrogen and oxygen atoms in total. The van der Waals surface area contributed by atoms with Crippen LogP contribution in [-0.2, 0) is 6.42 Å². The number of nitrogens with one attached hydrogen (secondary N) is 1. The largest absolute Gasteiger partial charge is 0.360 e. The molecule has 1 aromatic carbocycles. The number of aryl methyl sites for hydroxylation is 1. The molecule has 0 spiro atoms. The van der Waals surface area contributed by atoms with Crippen LogP contribution in [0.3, 0.4) is 0 Å². The molecule has 20 heavy (non-hydrogen) atoms. The van der Waals surface area contributed by atoms with Gasteiger partial charge >= 0.3 is 0 Å². The lowest BCUT2D eigenvalue weighted by molar-refractivity contribution is 0.611. The molecule has 0 saturated carbocycles. The molecule has 1 aliphatic carbocycles. The lowest BCUT2D eigenvalue weighted by atomic mass is 10.1. The van der Waals surface area contributed by atoms with Gasteiger partial charge in [0.2, 0.25) is 5.95 Å². The number of benzene rings is 1. The van der Waals surface area contributed by atoms with Gasteiger partial charge in [-0.25, -0.2) is 9.37 Å². The molecule has 1 atom stereocenters. The summed E-state index contributed by atoms with van der Waals surface area (Å²) < 4.78 is 13.6. The second-order valence-corrected chi connectivity index (χ2v) is 5.19. The Labute approximate surface area is 117 Å². The monoisotopic (exact) mass is 272 g/mol. The van der Waals surface area contributed by atoms with Gasteiger partial charge in [-0.1, -0.05) is 24.3 Å². The van der Waals surface area contributed by atoms with Gasteiger partial charge < -0.3 is 10.2 Å². The van der Waals surface area contributed by atoms with Crippen molar-refractivity contribution in [1.29, 1.82) is 0 Å². The third-order valence-electron chi connectivity index (χ3n) is 3.59. The number of fused-ring (bicyclic) bond motifs is 1. The molecule has 0 bridgehead atoms. The first-order valence-electron chi connectivity index (χ1n) is 6.69. The zero-order valence-corrected chi connectivity index (χ0v) is 11.6. The summed E-state index contributed by atoms with van der Waals surface area (Å²) in [6.45, 7) is 0. The summed E-state index contributed by atoms with van der Waals surface area (Å²) in [5, 5.41) is 3.30. The lowest BCUT2D eigenvalue weighted by Gasteiger charge is -2.17. The number of rotatable bonds is 3. The van der Waals surface area contributed by atoms with Crippen LogP contribution >= 0.6 is 0 Å². The topological polar surface area (TPSA) is 41.1 Å². The SMILES string of the molecule is CN(C)c1nc(N[C@H]2CCc3ccccc32)ncc1F. The second kappa shape index (κ2) is 5.07. The third kappa shape index (κ3) is 2.31. The van der Waals surface area contributed by atoms with Crippen molar-refractivity contribution >= 4 is 11.8 Å². The van der Waals surface area contributed by atoms with Crippen molar-refractivity contribution in [2.24, 2.45) is 0 Å². The Morgan fingerprint density at radius 2 is 2.10 bits per heavy atom. The number of aromatic nitrogens is 2. The van der Waals surface area contributed by atoms with E-state index in [1.165, 1.54) is 17.3 Å². The minimum atomic E-state index is -0.410. The Kier molecular flexibility index (Phi) is 3.26. The first-order valence-corrected chi connectivity index (χ1v) is 6.69. The van der Waals surface area contributed by atoms with E-state index in [0.717, 1.165) is 12.8 Å². The molecule has 0 fully saturated rings. The average molecular weight is 272 g/mol. The molecule has 0 aliphatic heterocycles. The number of hydrogen-bond acceptors (Lipinski definition) is 4. The lowest BCUT2D eigenvalue weighted by Crippen LogP contribution is -2.16. The van der Waals surface area contributed by atoms with Crippen LogP contribution in [0.25, 0.3) is 0 Å². The van der Waals surface area contributed by atoms with E-state index in [2.05, 4.69) is 33.5 Å². The van der Waals surface area contributed by atoms with Crippen molar-refractivity contribution in [3.05, 3.63) is 47.4 Å². The van der Waals surface area contributed by atoms with Crippen molar-refractivity contribution in [3.8, 4) is 0 Å². The molecular weight excluding hydrogens is 255 g/mol. The van der Waals surface area contributed by atoms with E-state index in [1.54, 1.807) is 19.0 Å². The second-order valence-electron chi connectivity index (χ2n) is 5.19. The van der Waals surface area contributed by atoms with Crippen LogP contribution in [0.2, 0.25) is 0 Å². The van der Waals surface area contributed by atoms with Crippen LogP contribution in [0.15, 0.2) is 30.5 Å². The van der Waals surface area contributed by atoms with E-state index in [9.17, 15) is 4.39 Å². The van der Waals surface area contributed by atoms with Gasteiger partial charge in [0.05, 0.1) is 12.2 Å². The van der Waals surface area contributed by atoms with Crippen molar-refractivity contribution in [2.75, 3.05) is 24.3 Å². The summed E-state index contributed by atoms with van der Waals surface area (Å²) in [6, 6.07) is 8.56. The van der Waals surface area contributed by atoms with Crippen molar-refractivity contribution in [2.45, 2.75) is 18.9 Å². The van der Waals surface area contributed by atoms with E-state index >= 15 is 0 Å². The van der Waals surface area contributed by atoms with Gasteiger partial charge in [-0.3, -0.25) is 0 Å². The molecule has 1 aliphatic rings. The fourth-order valence-electron chi connectivity index (χ4n) is 2.60. The summed E-state index contributed by atoms with van der Waals surface area (Å²) >= 11 is 0. The van der Waals surface area contributed by atoms with E-state index in [1.807, 2.05) is 6.07 Å². The summed E-state index contributed by atoms with van der Waals surface area (Å²) in [5.41, 5.74) is 2.65. The molecule has 0 saturated heterocycles. The number of hydrogen-bond donors (Lipinski definition) is 1. The van der Waals surface area contributed by atoms with E-state index in [4.69, 9.17) is 0 Å². The van der Waals surface area contributed by atoms with Crippen LogP contribution in [0.1, 0.15) is 23.6 Å². The van der Waals surface area contributed by atoms with Gasteiger partial charge in [0, 0.05) is 14.1 Å². The van der Waals surface area contributed by atoms with Crippen LogP contribution in [-0.4, -0.2) is 24.1 Å². The minimum Gasteiger partial charge on any atom is -0.360 e. The smallest absolute Gasteiger partial charge is 0.225 e. The molecule has 1 heterocycles. The first-order chi connectivity index (χ1) is 9.65. The van der Waals surface area contributed by atoms with Gasteiger partial charge in [-0.2, -0.15) is 4.98 Å². The van der Waals surface area contributed by atoms with Gasteiger partial charge in [0.15, 0.2) is 11.6 Å². The van der Waals surface area contributed by atoms with Gasteiger partial charge in [-0.15, -0.1) is 0 Å². The summed E-state index contributed by atoms with van der Waals surface area (Å²) in [6.07, 6.45) is 3.28. The Morgan fingerprint density at radius 1 is 1.30 bits per heavy atom. The van der Waals surface area contributed by atoms with Crippen LogP contribution in [0.5, 0.6) is 0 Å². The predicted octanol–water partition coefficient (Wildman–Crippen LogP) is 2.78. The average Bonchev–Trinajstić information content (AvgIpc) is 2.84. The zero-order chi connectivity index (χ0) is 14.1. The molecule has 5 heteroatoms. The quantitative estimate of drug-likeness (QED) is 0.933. The highest BCUT2D eigenvalue weighted by atomic mass is 19.1. The standard InChI is InChI=1S/C15H17FN4/c1-20(2)14-12(16)9-17-15(19-14)18-13-8-7-10-5-3-4-6-11(10)13/h3-6,9,13H,7-8H2,1-2H3,(H,17,18,19)/t13-/m0/s1. The number of anilines is 2. The van der Waals surface area contributed by atoms with Crippen molar-refractivity contribution in [3.63, 3.8) is 0 Å². The maximum Gasteiger partial charge on any atom is 0.225 e. The predicted molar refractivity (Wildman–Crippen MR) is 77.4 cm³/mol. The van der Waals surface area contributed by atoms with Crippen molar-refractivity contribution < 1.29 is 4.39 Å². The molecular formula is C15H17FN4. The maximum atomic E-state index is 13.6. The molecule has 3 rings (SSSR count). The fourth-order valence-corrected chi connectivity index (χ4v) is 2.60. The highest BCUT2D eigenvalue weighted by Crippen LogP contribution is 2.33. The molecule has 0 amide bonds. The molecule has 104 valence electrons. The van der Waals surface area contributed by atoms with Gasteiger partial charge in [0.1, 0.15) is 0 Å². The zero-order valence-electron chi connectivity index (χ0n) is 11.6. The van der Waals surface area contributed by atoms with Gasteiger partial charge in [-0.05, 0) is 24.0 Å². The minimum absolute atomic E-state index is 0.201. The molecule has 1 aromatic heterocycles. The number of nitrogens with zero attached hydrogens (tertiary/aromatic N) is 3. The van der Waals surface area contributed by atoms with Gasteiger partial charge in [0.25, 0.3) is 0 Å². The number of halogens is 1. The normalized spacial score (nSPS) is 16.9. The molecule has 0 radical (unpaired) electrons. The molecule has 1 N–H and O–H groups in total. The van der Waals surface area contributed by atoms with E-state index in [0.29, 0.717) is 11.8 Å². The van der Waals surface area contributed by atoms with E-state index < -0.39 is 5.82 Å². The first kappa shape index (κ1) is 12.8. The van der Waals surface area contributed by atoms with Crippen LogP contribution < -0.4 is 10.2 Å². The Balaban J connectivity index is 1.84. The highest BCUT2D eigenvalue weighted by molar-refractivity contribution is 5.45. The Morgan fingerprint density at radius 3 is 2.90 bits per heavy atom.